The van der Waals surface area contributed by atoms with Gasteiger partial charge in [0.05, 0.1) is 5.56 Å². The molecule has 0 atom stereocenters. The third-order valence-corrected chi connectivity index (χ3v) is 2.30. The number of pyridine rings is 1. The van der Waals surface area contributed by atoms with Crippen LogP contribution in [0.5, 0.6) is 0 Å². The number of anilines is 1. The topological polar surface area (TPSA) is 83.1 Å². The molecule has 0 bridgehead atoms. The lowest BCUT2D eigenvalue weighted by Crippen LogP contribution is -2.29. The first-order valence-electron chi connectivity index (χ1n) is 5.86. The van der Waals surface area contributed by atoms with Gasteiger partial charge in [-0.2, -0.15) is 0 Å². The van der Waals surface area contributed by atoms with Crippen molar-refractivity contribution in [3.05, 3.63) is 23.9 Å². The van der Waals surface area contributed by atoms with Crippen molar-refractivity contribution in [2.24, 2.45) is 0 Å². The Kier molecular flexibility index (Phi) is 5.63. The van der Waals surface area contributed by atoms with Crippen molar-refractivity contribution in [1.82, 2.24) is 15.6 Å². The highest BCUT2D eigenvalue weighted by atomic mass is 16.2. The molecule has 3 N–H and O–H groups in total. The molecule has 0 aromatic carbocycles. The molecule has 1 aromatic rings. The van der Waals surface area contributed by atoms with Gasteiger partial charge in [-0.15, -0.1) is 0 Å². The number of carbonyl (C=O) groups excluding carboxylic acids is 2. The average molecular weight is 250 g/mol. The van der Waals surface area contributed by atoms with Crippen molar-refractivity contribution < 1.29 is 9.59 Å². The van der Waals surface area contributed by atoms with Crippen LogP contribution in [0, 0.1) is 0 Å². The van der Waals surface area contributed by atoms with E-state index in [-0.39, 0.29) is 18.2 Å². The van der Waals surface area contributed by atoms with Gasteiger partial charge in [-0.05, 0) is 19.1 Å². The third kappa shape index (κ3) is 4.40. The van der Waals surface area contributed by atoms with E-state index in [1.165, 1.54) is 6.20 Å². The first-order valence-corrected chi connectivity index (χ1v) is 5.86. The van der Waals surface area contributed by atoms with E-state index >= 15 is 0 Å². The highest BCUT2D eigenvalue weighted by Crippen LogP contribution is 2.04. The molecule has 18 heavy (non-hydrogen) atoms. The van der Waals surface area contributed by atoms with Crippen LogP contribution in [0.15, 0.2) is 18.3 Å². The maximum Gasteiger partial charge on any atom is 0.252 e. The van der Waals surface area contributed by atoms with Gasteiger partial charge < -0.3 is 16.0 Å². The van der Waals surface area contributed by atoms with Crippen LogP contribution in [0.25, 0.3) is 0 Å². The van der Waals surface area contributed by atoms with Crippen LogP contribution in [-0.2, 0) is 4.79 Å². The fourth-order valence-corrected chi connectivity index (χ4v) is 1.33. The molecule has 0 aliphatic carbocycles. The van der Waals surface area contributed by atoms with Gasteiger partial charge >= 0.3 is 0 Å². The number of nitrogens with one attached hydrogen (secondary N) is 3. The zero-order valence-corrected chi connectivity index (χ0v) is 10.6. The van der Waals surface area contributed by atoms with E-state index in [1.807, 2.05) is 6.92 Å². The summed E-state index contributed by atoms with van der Waals surface area (Å²) in [4.78, 5) is 26.7. The lowest BCUT2D eigenvalue weighted by atomic mass is 10.2. The second-order valence-corrected chi connectivity index (χ2v) is 3.64. The predicted octanol–water partition coefficient (Wildman–Crippen LogP) is 0.379. The van der Waals surface area contributed by atoms with Crippen molar-refractivity contribution in [1.29, 1.82) is 0 Å². The lowest BCUT2D eigenvalue weighted by molar-refractivity contribution is -0.120. The summed E-state index contributed by atoms with van der Waals surface area (Å²) >= 11 is 0. The Hall–Kier alpha value is -2.11. The van der Waals surface area contributed by atoms with Crippen LogP contribution in [0.3, 0.4) is 0 Å². The van der Waals surface area contributed by atoms with Gasteiger partial charge in [0.2, 0.25) is 5.91 Å². The molecular weight excluding hydrogens is 232 g/mol. The van der Waals surface area contributed by atoms with Crippen LogP contribution in [0.1, 0.15) is 23.7 Å². The van der Waals surface area contributed by atoms with Crippen LogP contribution in [0.4, 0.5) is 5.82 Å². The summed E-state index contributed by atoms with van der Waals surface area (Å²) in [6, 6.07) is 3.44. The molecule has 0 saturated carbocycles. The van der Waals surface area contributed by atoms with Crippen LogP contribution in [-0.4, -0.2) is 36.9 Å². The van der Waals surface area contributed by atoms with E-state index in [1.54, 1.807) is 19.2 Å². The zero-order valence-electron chi connectivity index (χ0n) is 10.6. The predicted molar refractivity (Wildman–Crippen MR) is 69.4 cm³/mol. The van der Waals surface area contributed by atoms with E-state index in [0.717, 1.165) is 12.4 Å². The lowest BCUT2D eigenvalue weighted by Gasteiger charge is -2.06. The van der Waals surface area contributed by atoms with Gasteiger partial charge in [0.25, 0.3) is 5.91 Å². The normalized spacial score (nSPS) is 9.67. The van der Waals surface area contributed by atoms with Gasteiger partial charge in [0.15, 0.2) is 0 Å². The number of carbonyl (C=O) groups is 2. The Bertz CT molecular complexity index is 403. The van der Waals surface area contributed by atoms with E-state index in [2.05, 4.69) is 20.9 Å². The molecule has 0 unspecified atom stereocenters. The number of nitrogens with zero attached hydrogens (tertiary/aromatic N) is 1. The Labute approximate surface area is 106 Å². The minimum absolute atomic E-state index is 0.101. The number of amides is 2. The smallest absolute Gasteiger partial charge is 0.252 e. The second-order valence-electron chi connectivity index (χ2n) is 3.64. The zero-order chi connectivity index (χ0) is 13.4. The summed E-state index contributed by atoms with van der Waals surface area (Å²) in [6.45, 7) is 3.07. The molecule has 0 saturated heterocycles. The standard InChI is InChI=1S/C12H18N4O2/c1-3-14-10-5-4-9(8-16-10)12(18)15-7-6-11(17)13-2/h4-5,8H,3,6-7H2,1-2H3,(H,13,17)(H,14,16)(H,15,18). The van der Waals surface area contributed by atoms with Crippen LogP contribution < -0.4 is 16.0 Å². The largest absolute Gasteiger partial charge is 0.370 e. The SMILES string of the molecule is CCNc1ccc(C(=O)NCCC(=O)NC)cn1. The van der Waals surface area contributed by atoms with E-state index in [4.69, 9.17) is 0 Å². The van der Waals surface area contributed by atoms with Crippen molar-refractivity contribution in [3.63, 3.8) is 0 Å². The summed E-state index contributed by atoms with van der Waals surface area (Å²) in [5.74, 6) is 0.407. The Morgan fingerprint density at radius 1 is 1.33 bits per heavy atom. The van der Waals surface area contributed by atoms with Crippen LogP contribution in [0.2, 0.25) is 0 Å². The molecule has 6 heteroatoms. The fraction of sp³-hybridized carbons (Fsp3) is 0.417. The maximum atomic E-state index is 11.7. The minimum Gasteiger partial charge on any atom is -0.370 e. The molecular formula is C12H18N4O2. The summed E-state index contributed by atoms with van der Waals surface area (Å²) in [7, 11) is 1.56. The summed E-state index contributed by atoms with van der Waals surface area (Å²) in [6.07, 6.45) is 1.78. The third-order valence-electron chi connectivity index (χ3n) is 2.30. The summed E-state index contributed by atoms with van der Waals surface area (Å²) < 4.78 is 0. The van der Waals surface area contributed by atoms with Gasteiger partial charge in [-0.3, -0.25) is 9.59 Å². The van der Waals surface area contributed by atoms with Gasteiger partial charge in [0.1, 0.15) is 5.82 Å². The van der Waals surface area contributed by atoms with Crippen molar-refractivity contribution in [2.45, 2.75) is 13.3 Å². The monoisotopic (exact) mass is 250 g/mol. The minimum atomic E-state index is -0.227. The molecule has 98 valence electrons. The highest BCUT2D eigenvalue weighted by Gasteiger charge is 2.06. The van der Waals surface area contributed by atoms with Gasteiger partial charge in [-0.1, -0.05) is 0 Å². The van der Waals surface area contributed by atoms with Crippen molar-refractivity contribution >= 4 is 17.6 Å². The molecule has 1 rings (SSSR count). The molecule has 1 heterocycles. The van der Waals surface area contributed by atoms with Gasteiger partial charge in [-0.25, -0.2) is 4.98 Å². The van der Waals surface area contributed by atoms with E-state index < -0.39 is 0 Å². The molecule has 6 nitrogen and oxygen atoms in total. The van der Waals surface area contributed by atoms with Crippen LogP contribution >= 0.6 is 0 Å². The summed E-state index contributed by atoms with van der Waals surface area (Å²) in [5, 5.41) is 8.19. The molecule has 0 fully saturated rings. The Morgan fingerprint density at radius 3 is 2.67 bits per heavy atom. The average Bonchev–Trinajstić information content (AvgIpc) is 2.39. The maximum absolute atomic E-state index is 11.7. The fourth-order valence-electron chi connectivity index (χ4n) is 1.33. The number of aromatic nitrogens is 1. The number of hydrogen-bond acceptors (Lipinski definition) is 4. The first kappa shape index (κ1) is 14.0. The Morgan fingerprint density at radius 2 is 2.11 bits per heavy atom. The first-order chi connectivity index (χ1) is 8.67. The van der Waals surface area contributed by atoms with Crippen molar-refractivity contribution in [2.75, 3.05) is 25.5 Å². The molecule has 0 aliphatic heterocycles. The Balaban J connectivity index is 2.44. The number of rotatable bonds is 6. The second kappa shape index (κ2) is 7.26. The van der Waals surface area contributed by atoms with Gasteiger partial charge in [0, 0.05) is 32.8 Å². The van der Waals surface area contributed by atoms with Crippen molar-refractivity contribution in [3.8, 4) is 0 Å². The quantitative estimate of drug-likeness (QED) is 0.681. The summed E-state index contributed by atoms with van der Waals surface area (Å²) in [5.41, 5.74) is 0.480. The van der Waals surface area contributed by atoms with E-state index in [9.17, 15) is 9.59 Å². The molecule has 1 aromatic heterocycles. The van der Waals surface area contributed by atoms with E-state index in [0.29, 0.717) is 12.1 Å². The molecule has 0 aliphatic rings. The highest BCUT2D eigenvalue weighted by molar-refractivity contribution is 5.94. The molecule has 0 spiro atoms. The number of hydrogen-bond donors (Lipinski definition) is 3. The molecule has 2 amide bonds. The molecule has 0 radical (unpaired) electrons.